The minimum Gasteiger partial charge on any atom is -0.381 e. The standard InChI is InChI=1S/C18H27N3O4/c1-10-6-21(16(23)5-3-11-2-4-15(22)19-11)7-14(10)20-18(24)17-12-8-25-9-13(12)17/h10-14,17H,2-9H2,1H3,(H,19,22)(H,20,24)/t10?,11?,12-,13+,14?,17?. The van der Waals surface area contributed by atoms with Crippen molar-refractivity contribution in [2.24, 2.45) is 23.7 Å². The topological polar surface area (TPSA) is 87.7 Å². The summed E-state index contributed by atoms with van der Waals surface area (Å²) in [5.74, 6) is 1.57. The van der Waals surface area contributed by atoms with Crippen LogP contribution in [-0.2, 0) is 19.1 Å². The molecule has 7 nitrogen and oxygen atoms in total. The van der Waals surface area contributed by atoms with Crippen molar-refractivity contribution < 1.29 is 19.1 Å². The van der Waals surface area contributed by atoms with E-state index >= 15 is 0 Å². The molecule has 3 aliphatic heterocycles. The Hall–Kier alpha value is -1.63. The Labute approximate surface area is 147 Å². The maximum Gasteiger partial charge on any atom is 0.224 e. The molecule has 3 saturated heterocycles. The number of amides is 3. The number of likely N-dealkylation sites (tertiary alicyclic amines) is 1. The van der Waals surface area contributed by atoms with Crippen LogP contribution in [0.3, 0.4) is 0 Å². The molecule has 25 heavy (non-hydrogen) atoms. The molecule has 138 valence electrons. The molecule has 4 rings (SSSR count). The highest BCUT2D eigenvalue weighted by Gasteiger charge is 2.58. The average molecular weight is 349 g/mol. The number of nitrogens with zero attached hydrogens (tertiary/aromatic N) is 1. The van der Waals surface area contributed by atoms with Crippen LogP contribution in [0.5, 0.6) is 0 Å². The SMILES string of the molecule is CC1CN(C(=O)CCC2CCC(=O)N2)CC1NC(=O)C1[C@H]2COC[C@@H]12. The average Bonchev–Trinajstić information content (AvgIpc) is 2.97. The van der Waals surface area contributed by atoms with Crippen molar-refractivity contribution in [3.63, 3.8) is 0 Å². The molecule has 0 spiro atoms. The number of rotatable bonds is 5. The molecule has 4 unspecified atom stereocenters. The van der Waals surface area contributed by atoms with E-state index in [1.165, 1.54) is 0 Å². The van der Waals surface area contributed by atoms with E-state index in [0.717, 1.165) is 6.42 Å². The second-order valence-corrected chi connectivity index (χ2v) is 8.12. The Morgan fingerprint density at radius 3 is 2.72 bits per heavy atom. The van der Waals surface area contributed by atoms with Crippen molar-refractivity contribution in [2.45, 2.75) is 44.7 Å². The molecule has 0 radical (unpaired) electrons. The van der Waals surface area contributed by atoms with Crippen molar-refractivity contribution in [3.05, 3.63) is 0 Å². The minimum absolute atomic E-state index is 0.0462. The summed E-state index contributed by atoms with van der Waals surface area (Å²) in [6.45, 7) is 4.81. The van der Waals surface area contributed by atoms with Crippen LogP contribution in [0.15, 0.2) is 0 Å². The molecule has 2 N–H and O–H groups in total. The Morgan fingerprint density at radius 2 is 2.04 bits per heavy atom. The Morgan fingerprint density at radius 1 is 1.28 bits per heavy atom. The number of ether oxygens (including phenoxy) is 1. The third kappa shape index (κ3) is 3.38. The first-order chi connectivity index (χ1) is 12.0. The maximum absolute atomic E-state index is 12.5. The molecular formula is C18H27N3O4. The maximum atomic E-state index is 12.5. The Balaban J connectivity index is 1.22. The molecule has 0 bridgehead atoms. The molecule has 0 aromatic carbocycles. The van der Waals surface area contributed by atoms with Crippen LogP contribution in [0.1, 0.15) is 32.6 Å². The lowest BCUT2D eigenvalue weighted by Gasteiger charge is -2.19. The molecule has 4 fully saturated rings. The molecule has 3 heterocycles. The molecule has 4 aliphatic rings. The normalized spacial score (nSPS) is 39.2. The van der Waals surface area contributed by atoms with Gasteiger partial charge >= 0.3 is 0 Å². The van der Waals surface area contributed by atoms with Gasteiger partial charge in [0.05, 0.1) is 19.3 Å². The van der Waals surface area contributed by atoms with Gasteiger partial charge in [-0.05, 0) is 30.6 Å². The van der Waals surface area contributed by atoms with Gasteiger partial charge in [0.15, 0.2) is 0 Å². The van der Waals surface area contributed by atoms with Crippen molar-refractivity contribution in [3.8, 4) is 0 Å². The van der Waals surface area contributed by atoms with Gasteiger partial charge in [-0.2, -0.15) is 0 Å². The van der Waals surface area contributed by atoms with Gasteiger partial charge in [0, 0.05) is 37.9 Å². The first-order valence-electron chi connectivity index (χ1n) is 9.48. The van der Waals surface area contributed by atoms with Gasteiger partial charge in [-0.25, -0.2) is 0 Å². The number of carbonyl (C=O) groups is 3. The summed E-state index contributed by atoms with van der Waals surface area (Å²) in [5, 5.41) is 6.07. The van der Waals surface area contributed by atoms with E-state index in [-0.39, 0.29) is 41.6 Å². The molecule has 6 atom stereocenters. The zero-order valence-electron chi connectivity index (χ0n) is 14.7. The number of hydrogen-bond acceptors (Lipinski definition) is 4. The quantitative estimate of drug-likeness (QED) is 0.726. The van der Waals surface area contributed by atoms with Crippen molar-refractivity contribution in [2.75, 3.05) is 26.3 Å². The van der Waals surface area contributed by atoms with E-state index in [4.69, 9.17) is 4.74 Å². The summed E-state index contributed by atoms with van der Waals surface area (Å²) in [6, 6.07) is 0.188. The lowest BCUT2D eigenvalue weighted by Crippen LogP contribution is -2.42. The lowest BCUT2D eigenvalue weighted by molar-refractivity contribution is -0.131. The van der Waals surface area contributed by atoms with Gasteiger partial charge in [0.25, 0.3) is 0 Å². The predicted octanol–water partition coefficient (Wildman–Crippen LogP) is -0.0993. The van der Waals surface area contributed by atoms with E-state index in [0.29, 0.717) is 57.4 Å². The first kappa shape index (κ1) is 16.8. The fourth-order valence-electron chi connectivity index (χ4n) is 4.62. The van der Waals surface area contributed by atoms with Crippen molar-refractivity contribution in [1.29, 1.82) is 0 Å². The van der Waals surface area contributed by atoms with Crippen LogP contribution in [0.4, 0.5) is 0 Å². The van der Waals surface area contributed by atoms with Crippen LogP contribution in [0.2, 0.25) is 0 Å². The van der Waals surface area contributed by atoms with E-state index in [1.807, 2.05) is 4.90 Å². The van der Waals surface area contributed by atoms with Crippen LogP contribution in [-0.4, -0.2) is 61.0 Å². The minimum atomic E-state index is 0.0462. The molecule has 0 aromatic rings. The third-order valence-corrected chi connectivity index (χ3v) is 6.34. The summed E-state index contributed by atoms with van der Waals surface area (Å²) in [5.41, 5.74) is 0. The number of hydrogen-bond donors (Lipinski definition) is 2. The molecule has 3 amide bonds. The number of fused-ring (bicyclic) bond motifs is 1. The predicted molar refractivity (Wildman–Crippen MR) is 89.4 cm³/mol. The van der Waals surface area contributed by atoms with Gasteiger partial charge in [-0.1, -0.05) is 6.92 Å². The van der Waals surface area contributed by atoms with Crippen molar-refractivity contribution in [1.82, 2.24) is 15.5 Å². The zero-order valence-corrected chi connectivity index (χ0v) is 14.7. The molecule has 1 saturated carbocycles. The van der Waals surface area contributed by atoms with Crippen molar-refractivity contribution >= 4 is 17.7 Å². The summed E-state index contributed by atoms with van der Waals surface area (Å²) >= 11 is 0. The molecule has 1 aliphatic carbocycles. The van der Waals surface area contributed by atoms with E-state index in [1.54, 1.807) is 0 Å². The van der Waals surface area contributed by atoms with Gasteiger partial charge in [-0.3, -0.25) is 14.4 Å². The van der Waals surface area contributed by atoms with Gasteiger partial charge in [0.2, 0.25) is 17.7 Å². The van der Waals surface area contributed by atoms with Gasteiger partial charge in [-0.15, -0.1) is 0 Å². The Bertz CT molecular complexity index is 571. The van der Waals surface area contributed by atoms with Crippen LogP contribution in [0.25, 0.3) is 0 Å². The molecule has 7 heteroatoms. The number of carbonyl (C=O) groups excluding carboxylic acids is 3. The highest BCUT2D eigenvalue weighted by Crippen LogP contribution is 2.50. The Kier molecular flexibility index (Phi) is 4.43. The molecular weight excluding hydrogens is 322 g/mol. The second kappa shape index (κ2) is 6.59. The first-order valence-corrected chi connectivity index (χ1v) is 9.48. The second-order valence-electron chi connectivity index (χ2n) is 8.12. The summed E-state index contributed by atoms with van der Waals surface area (Å²) < 4.78 is 5.34. The van der Waals surface area contributed by atoms with E-state index < -0.39 is 0 Å². The van der Waals surface area contributed by atoms with Crippen LogP contribution in [0, 0.1) is 23.7 Å². The largest absolute Gasteiger partial charge is 0.381 e. The van der Waals surface area contributed by atoms with Gasteiger partial charge < -0.3 is 20.3 Å². The fourth-order valence-corrected chi connectivity index (χ4v) is 4.62. The smallest absolute Gasteiger partial charge is 0.224 e. The fraction of sp³-hybridized carbons (Fsp3) is 0.833. The number of nitrogens with one attached hydrogen (secondary N) is 2. The van der Waals surface area contributed by atoms with E-state index in [2.05, 4.69) is 17.6 Å². The summed E-state index contributed by atoms with van der Waals surface area (Å²) in [6.07, 6.45) is 2.57. The zero-order chi connectivity index (χ0) is 17.6. The van der Waals surface area contributed by atoms with E-state index in [9.17, 15) is 14.4 Å². The highest BCUT2D eigenvalue weighted by molar-refractivity contribution is 5.83. The monoisotopic (exact) mass is 349 g/mol. The third-order valence-electron chi connectivity index (χ3n) is 6.34. The molecule has 0 aromatic heterocycles. The lowest BCUT2D eigenvalue weighted by atomic mass is 10.1. The highest BCUT2D eigenvalue weighted by atomic mass is 16.5. The summed E-state index contributed by atoms with van der Waals surface area (Å²) in [7, 11) is 0. The summed E-state index contributed by atoms with van der Waals surface area (Å²) in [4.78, 5) is 38.0. The van der Waals surface area contributed by atoms with Gasteiger partial charge in [0.1, 0.15) is 0 Å². The van der Waals surface area contributed by atoms with Crippen LogP contribution >= 0.6 is 0 Å². The van der Waals surface area contributed by atoms with Crippen LogP contribution < -0.4 is 10.6 Å².